The van der Waals surface area contributed by atoms with E-state index in [1.807, 2.05) is 39.8 Å². The van der Waals surface area contributed by atoms with Crippen molar-refractivity contribution in [2.75, 3.05) is 0 Å². The number of aliphatic hydroxyl groups is 1. The first-order chi connectivity index (χ1) is 5.27. The third-order valence-corrected chi connectivity index (χ3v) is 2.52. The molecule has 0 aromatic carbocycles. The SMILES string of the molecule is CC1(C)C=CC(C)(C)C(O)C1=O. The van der Waals surface area contributed by atoms with Gasteiger partial charge in [-0.15, -0.1) is 0 Å². The molecule has 0 saturated heterocycles. The van der Waals surface area contributed by atoms with Crippen LogP contribution in [-0.4, -0.2) is 17.0 Å². The number of carbonyl (C=O) groups is 1. The molecule has 1 unspecified atom stereocenters. The smallest absolute Gasteiger partial charge is 0.171 e. The molecule has 0 radical (unpaired) electrons. The van der Waals surface area contributed by atoms with E-state index < -0.39 is 16.9 Å². The molecule has 0 aliphatic heterocycles. The normalized spacial score (nSPS) is 32.1. The number of rotatable bonds is 0. The Morgan fingerprint density at radius 3 is 2.17 bits per heavy atom. The predicted octanol–water partition coefficient (Wildman–Crippen LogP) is 1.54. The number of aliphatic hydroxyl groups excluding tert-OH is 1. The minimum Gasteiger partial charge on any atom is -0.384 e. The molecule has 1 aliphatic carbocycles. The van der Waals surface area contributed by atoms with Crippen LogP contribution in [0.3, 0.4) is 0 Å². The first-order valence-electron chi connectivity index (χ1n) is 4.20. The lowest BCUT2D eigenvalue weighted by Gasteiger charge is -2.36. The molecular weight excluding hydrogens is 152 g/mol. The van der Waals surface area contributed by atoms with Gasteiger partial charge in [-0.1, -0.05) is 26.0 Å². The van der Waals surface area contributed by atoms with E-state index >= 15 is 0 Å². The van der Waals surface area contributed by atoms with Gasteiger partial charge < -0.3 is 5.11 Å². The molecule has 1 aliphatic rings. The summed E-state index contributed by atoms with van der Waals surface area (Å²) in [4.78, 5) is 11.6. The minimum atomic E-state index is -0.863. The summed E-state index contributed by atoms with van der Waals surface area (Å²) < 4.78 is 0. The summed E-state index contributed by atoms with van der Waals surface area (Å²) in [6.45, 7) is 7.37. The van der Waals surface area contributed by atoms with Crippen molar-refractivity contribution < 1.29 is 9.90 Å². The lowest BCUT2D eigenvalue weighted by Crippen LogP contribution is -2.45. The van der Waals surface area contributed by atoms with E-state index in [-0.39, 0.29) is 5.78 Å². The Morgan fingerprint density at radius 2 is 1.75 bits per heavy atom. The molecule has 1 atom stereocenters. The molecule has 0 bridgehead atoms. The van der Waals surface area contributed by atoms with Crippen LogP contribution in [0.2, 0.25) is 0 Å². The van der Waals surface area contributed by atoms with E-state index in [0.717, 1.165) is 0 Å². The second-order valence-electron chi connectivity index (χ2n) is 4.64. The van der Waals surface area contributed by atoms with Crippen LogP contribution in [0.1, 0.15) is 27.7 Å². The third kappa shape index (κ3) is 1.31. The number of hydrogen-bond acceptors (Lipinski definition) is 2. The zero-order chi connectivity index (χ0) is 9.57. The second kappa shape index (κ2) is 2.43. The quantitative estimate of drug-likeness (QED) is 0.557. The van der Waals surface area contributed by atoms with Gasteiger partial charge in [0.15, 0.2) is 5.78 Å². The maximum absolute atomic E-state index is 11.6. The molecule has 0 heterocycles. The molecule has 12 heavy (non-hydrogen) atoms. The fraction of sp³-hybridized carbons (Fsp3) is 0.700. The summed E-state index contributed by atoms with van der Waals surface area (Å²) in [6, 6.07) is 0. The van der Waals surface area contributed by atoms with Crippen LogP contribution >= 0.6 is 0 Å². The van der Waals surface area contributed by atoms with Crippen molar-refractivity contribution in [1.29, 1.82) is 0 Å². The van der Waals surface area contributed by atoms with E-state index in [4.69, 9.17) is 0 Å². The summed E-state index contributed by atoms with van der Waals surface area (Å²) in [5.74, 6) is -0.0880. The topological polar surface area (TPSA) is 37.3 Å². The Kier molecular flexibility index (Phi) is 1.91. The van der Waals surface area contributed by atoms with E-state index in [1.165, 1.54) is 0 Å². The Hall–Kier alpha value is -0.630. The molecular formula is C10H16O2. The fourth-order valence-electron chi connectivity index (χ4n) is 1.29. The van der Waals surface area contributed by atoms with Crippen molar-refractivity contribution in [2.45, 2.75) is 33.8 Å². The highest BCUT2D eigenvalue weighted by Gasteiger charge is 2.42. The predicted molar refractivity (Wildman–Crippen MR) is 47.7 cm³/mol. The number of allylic oxidation sites excluding steroid dienone is 1. The molecule has 0 aromatic rings. The van der Waals surface area contributed by atoms with Gasteiger partial charge in [0.05, 0.1) is 0 Å². The van der Waals surface area contributed by atoms with E-state index in [1.54, 1.807) is 0 Å². The molecule has 0 fully saturated rings. The van der Waals surface area contributed by atoms with Gasteiger partial charge in [0, 0.05) is 10.8 Å². The highest BCUT2D eigenvalue weighted by atomic mass is 16.3. The highest BCUT2D eigenvalue weighted by molar-refractivity contribution is 5.91. The monoisotopic (exact) mass is 168 g/mol. The summed E-state index contributed by atoms with van der Waals surface area (Å²) in [5.41, 5.74) is -0.915. The Morgan fingerprint density at radius 1 is 1.25 bits per heavy atom. The van der Waals surface area contributed by atoms with Crippen LogP contribution in [0.15, 0.2) is 12.2 Å². The fourth-order valence-corrected chi connectivity index (χ4v) is 1.29. The highest BCUT2D eigenvalue weighted by Crippen LogP contribution is 2.36. The summed E-state index contributed by atoms with van der Waals surface area (Å²) >= 11 is 0. The van der Waals surface area contributed by atoms with Gasteiger partial charge in [0.25, 0.3) is 0 Å². The maximum Gasteiger partial charge on any atom is 0.171 e. The van der Waals surface area contributed by atoms with Gasteiger partial charge in [-0.3, -0.25) is 4.79 Å². The van der Waals surface area contributed by atoms with Crippen LogP contribution in [0.25, 0.3) is 0 Å². The van der Waals surface area contributed by atoms with Crippen LogP contribution in [0, 0.1) is 10.8 Å². The standard InChI is InChI=1S/C10H16O2/c1-9(2)5-6-10(3,4)8(12)7(9)11/h5-7,11H,1-4H3. The van der Waals surface area contributed by atoms with Crippen molar-refractivity contribution >= 4 is 5.78 Å². The molecule has 0 aromatic heterocycles. The zero-order valence-electron chi connectivity index (χ0n) is 8.09. The Bertz CT molecular complexity index is 236. The first kappa shape index (κ1) is 9.46. The van der Waals surface area contributed by atoms with Crippen LogP contribution in [0.4, 0.5) is 0 Å². The van der Waals surface area contributed by atoms with Gasteiger partial charge in [-0.05, 0) is 13.8 Å². The summed E-state index contributed by atoms with van der Waals surface area (Å²) in [5, 5.41) is 9.64. The Labute approximate surface area is 73.3 Å². The average molecular weight is 168 g/mol. The third-order valence-electron chi connectivity index (χ3n) is 2.52. The number of ketones is 1. The molecule has 2 nitrogen and oxygen atoms in total. The average Bonchev–Trinajstić information content (AvgIpc) is 1.96. The molecule has 1 rings (SSSR count). The largest absolute Gasteiger partial charge is 0.384 e. The van der Waals surface area contributed by atoms with Crippen molar-refractivity contribution in [3.05, 3.63) is 12.2 Å². The summed E-state index contributed by atoms with van der Waals surface area (Å²) in [7, 11) is 0. The van der Waals surface area contributed by atoms with Crippen LogP contribution < -0.4 is 0 Å². The van der Waals surface area contributed by atoms with Crippen molar-refractivity contribution in [2.24, 2.45) is 10.8 Å². The maximum atomic E-state index is 11.6. The molecule has 68 valence electrons. The lowest BCUT2D eigenvalue weighted by molar-refractivity contribution is -0.139. The van der Waals surface area contributed by atoms with E-state index in [9.17, 15) is 9.90 Å². The second-order valence-corrected chi connectivity index (χ2v) is 4.64. The van der Waals surface area contributed by atoms with Crippen LogP contribution in [0.5, 0.6) is 0 Å². The number of Topliss-reactive ketones (excluding diaryl/α,β-unsaturated/α-hetero) is 1. The summed E-state index contributed by atoms with van der Waals surface area (Å²) in [6.07, 6.45) is 2.93. The zero-order valence-corrected chi connectivity index (χ0v) is 8.09. The van der Waals surface area contributed by atoms with Gasteiger partial charge in [-0.25, -0.2) is 0 Å². The molecule has 0 spiro atoms. The number of carbonyl (C=O) groups excluding carboxylic acids is 1. The van der Waals surface area contributed by atoms with Crippen molar-refractivity contribution in [1.82, 2.24) is 0 Å². The lowest BCUT2D eigenvalue weighted by atomic mass is 9.69. The van der Waals surface area contributed by atoms with E-state index in [0.29, 0.717) is 0 Å². The molecule has 0 amide bonds. The number of hydrogen-bond donors (Lipinski definition) is 1. The molecule has 2 heteroatoms. The Balaban J connectivity index is 3.08. The van der Waals surface area contributed by atoms with Gasteiger partial charge in [0.2, 0.25) is 0 Å². The van der Waals surface area contributed by atoms with Gasteiger partial charge in [0.1, 0.15) is 6.10 Å². The van der Waals surface area contributed by atoms with E-state index in [2.05, 4.69) is 0 Å². The van der Waals surface area contributed by atoms with Crippen molar-refractivity contribution in [3.8, 4) is 0 Å². The molecule has 1 N–H and O–H groups in total. The van der Waals surface area contributed by atoms with Crippen LogP contribution in [-0.2, 0) is 4.79 Å². The van der Waals surface area contributed by atoms with Gasteiger partial charge in [-0.2, -0.15) is 0 Å². The van der Waals surface area contributed by atoms with Gasteiger partial charge >= 0.3 is 0 Å². The van der Waals surface area contributed by atoms with Crippen molar-refractivity contribution in [3.63, 3.8) is 0 Å². The molecule has 0 saturated carbocycles. The first-order valence-corrected chi connectivity index (χ1v) is 4.20. The minimum absolute atomic E-state index is 0.0880.